The van der Waals surface area contributed by atoms with Crippen molar-refractivity contribution < 1.29 is 29.0 Å². The van der Waals surface area contributed by atoms with Crippen LogP contribution in [0.5, 0.6) is 0 Å². The average molecular weight is 565 g/mol. The van der Waals surface area contributed by atoms with E-state index in [-0.39, 0.29) is 30.9 Å². The summed E-state index contributed by atoms with van der Waals surface area (Å²) in [7, 11) is 0. The number of benzene rings is 1. The number of hydrogen-bond donors (Lipinski definition) is 1. The summed E-state index contributed by atoms with van der Waals surface area (Å²) in [5.74, 6) is -3.02. The molecule has 1 aromatic carbocycles. The van der Waals surface area contributed by atoms with Gasteiger partial charge >= 0.3 is 5.97 Å². The summed E-state index contributed by atoms with van der Waals surface area (Å²) in [6.45, 7) is 10.2. The third kappa shape index (κ3) is 4.63. The molecule has 4 heterocycles. The van der Waals surface area contributed by atoms with Crippen LogP contribution in [0.25, 0.3) is 0 Å². The summed E-state index contributed by atoms with van der Waals surface area (Å²) in [6.07, 6.45) is 11.3. The van der Waals surface area contributed by atoms with Gasteiger partial charge in [0.1, 0.15) is 23.2 Å². The first-order valence-electron chi connectivity index (χ1n) is 15.2. The number of nitrogens with zero attached hydrogens (tertiary/aromatic N) is 2. The van der Waals surface area contributed by atoms with E-state index in [0.717, 1.165) is 36.1 Å². The molecule has 41 heavy (non-hydrogen) atoms. The van der Waals surface area contributed by atoms with Gasteiger partial charge in [0, 0.05) is 12.2 Å². The number of esters is 1. The van der Waals surface area contributed by atoms with Gasteiger partial charge in [-0.3, -0.25) is 14.4 Å². The number of cyclic esters (lactones) is 1. The molecule has 7 atom stereocenters. The maximum absolute atomic E-state index is 14.8. The molecular weight excluding hydrogens is 520 g/mol. The smallest absolute Gasteiger partial charge is 0.313 e. The lowest BCUT2D eigenvalue weighted by Crippen LogP contribution is -2.60. The number of allylic oxidation sites excluding steroid dienone is 1. The van der Waals surface area contributed by atoms with Crippen molar-refractivity contribution in [3.63, 3.8) is 0 Å². The van der Waals surface area contributed by atoms with Crippen LogP contribution in [0.2, 0.25) is 0 Å². The molecule has 0 bridgehead atoms. The monoisotopic (exact) mass is 564 g/mol. The number of aliphatic hydroxyl groups is 1. The van der Waals surface area contributed by atoms with Crippen molar-refractivity contribution in [3.8, 4) is 0 Å². The van der Waals surface area contributed by atoms with Crippen molar-refractivity contribution in [2.24, 2.45) is 17.8 Å². The van der Waals surface area contributed by atoms with Crippen molar-refractivity contribution in [2.45, 2.75) is 90.0 Å². The molecule has 0 aromatic heterocycles. The van der Waals surface area contributed by atoms with Crippen LogP contribution in [-0.2, 0) is 23.9 Å². The Morgan fingerprint density at radius 3 is 2.54 bits per heavy atom. The maximum atomic E-state index is 14.8. The van der Waals surface area contributed by atoms with E-state index in [4.69, 9.17) is 9.47 Å². The fourth-order valence-electron chi connectivity index (χ4n) is 7.38. The van der Waals surface area contributed by atoms with Gasteiger partial charge in [-0.2, -0.15) is 0 Å². The summed E-state index contributed by atoms with van der Waals surface area (Å²) in [4.78, 5) is 46.7. The molecule has 8 heteroatoms. The lowest BCUT2D eigenvalue weighted by atomic mass is 9.73. The number of carbonyl (C=O) groups is 3. The summed E-state index contributed by atoms with van der Waals surface area (Å²) >= 11 is 0. The summed E-state index contributed by atoms with van der Waals surface area (Å²) in [6, 6.07) is 4.33. The number of likely N-dealkylation sites (tertiary alicyclic amines) is 1. The fraction of sp³-hybridized carbons (Fsp3) is 0.606. The largest absolute Gasteiger partial charge is 0.465 e. The van der Waals surface area contributed by atoms with Crippen LogP contribution in [0.15, 0.2) is 42.5 Å². The van der Waals surface area contributed by atoms with Crippen molar-refractivity contribution in [2.75, 3.05) is 24.7 Å². The first-order valence-corrected chi connectivity index (χ1v) is 15.2. The van der Waals surface area contributed by atoms with Crippen molar-refractivity contribution in [1.82, 2.24) is 4.90 Å². The zero-order chi connectivity index (χ0) is 29.5. The minimum absolute atomic E-state index is 0.0826. The molecule has 4 aliphatic heterocycles. The van der Waals surface area contributed by atoms with Gasteiger partial charge in [0.05, 0.1) is 25.2 Å². The van der Waals surface area contributed by atoms with Crippen LogP contribution in [0, 0.1) is 31.6 Å². The molecule has 0 saturated carbocycles. The Balaban J connectivity index is 1.72. The van der Waals surface area contributed by atoms with Crippen LogP contribution in [0.1, 0.15) is 64.0 Å². The summed E-state index contributed by atoms with van der Waals surface area (Å²) in [5.41, 5.74) is 0.257. The van der Waals surface area contributed by atoms with Gasteiger partial charge in [-0.1, -0.05) is 63.6 Å². The number of fused-ring (bicyclic) bond motifs is 2. The second-order valence-electron chi connectivity index (χ2n) is 12.2. The second kappa shape index (κ2) is 11.4. The third-order valence-electron chi connectivity index (χ3n) is 9.82. The van der Waals surface area contributed by atoms with Crippen LogP contribution in [0.4, 0.5) is 5.69 Å². The summed E-state index contributed by atoms with van der Waals surface area (Å²) < 4.78 is 12.8. The van der Waals surface area contributed by atoms with Crippen LogP contribution < -0.4 is 4.90 Å². The maximum Gasteiger partial charge on any atom is 0.313 e. The van der Waals surface area contributed by atoms with Gasteiger partial charge in [0.15, 0.2) is 0 Å². The zero-order valence-corrected chi connectivity index (χ0v) is 25.0. The van der Waals surface area contributed by atoms with E-state index in [1.54, 1.807) is 9.80 Å². The molecule has 4 aliphatic rings. The molecule has 2 saturated heterocycles. The van der Waals surface area contributed by atoms with Crippen LogP contribution >= 0.6 is 0 Å². The lowest BCUT2D eigenvalue weighted by molar-refractivity contribution is -0.162. The normalized spacial score (nSPS) is 33.9. The van der Waals surface area contributed by atoms with Gasteiger partial charge < -0.3 is 24.4 Å². The predicted molar refractivity (Wildman–Crippen MR) is 156 cm³/mol. The van der Waals surface area contributed by atoms with Gasteiger partial charge in [0.25, 0.3) is 5.91 Å². The van der Waals surface area contributed by atoms with Crippen molar-refractivity contribution in [3.05, 3.63) is 53.6 Å². The number of ether oxygens (including phenoxy) is 2. The Hall–Kier alpha value is -2.97. The highest BCUT2D eigenvalue weighted by Crippen LogP contribution is 2.59. The van der Waals surface area contributed by atoms with Crippen molar-refractivity contribution >= 4 is 23.5 Å². The van der Waals surface area contributed by atoms with E-state index >= 15 is 0 Å². The molecule has 1 unspecified atom stereocenters. The van der Waals surface area contributed by atoms with E-state index in [1.807, 2.05) is 77.1 Å². The molecular formula is C33H44N2O6. The zero-order valence-electron chi connectivity index (χ0n) is 25.0. The van der Waals surface area contributed by atoms with Gasteiger partial charge in [0.2, 0.25) is 5.91 Å². The van der Waals surface area contributed by atoms with Crippen molar-refractivity contribution in [1.29, 1.82) is 0 Å². The van der Waals surface area contributed by atoms with Gasteiger partial charge in [-0.25, -0.2) is 0 Å². The Kier molecular flexibility index (Phi) is 8.18. The molecule has 8 nitrogen and oxygen atoms in total. The predicted octanol–water partition coefficient (Wildman–Crippen LogP) is 4.26. The Bertz CT molecular complexity index is 1260. The standard InChI is InChI=1S/C33H44N2O6/c1-6-22(4)25(20-36)35-28-30(38)34(24-19-21(3)13-14-23(24)5)17-12-16-33(28)26(29(35)37)27-31(39)40-18-11-9-8-10-15-32(27,7-2)41-33/h10,12-16,19,22,25-28,36H,6-9,11,17-18,20H2,1-5H3/b15-10-/t22-,25-,26-,27+,28?,32-,33-/m0/s1. The SMILES string of the molecule is CC[C@H](C)[C@H](CO)N1C(=O)[C@@H]2[C@@H]3C(=O)OCCCC/C=C\[C@]3(CC)O[C@@]23C=CCN(c2cc(C)ccc2C)C(=O)C13. The Labute approximate surface area is 243 Å². The summed E-state index contributed by atoms with van der Waals surface area (Å²) in [5, 5.41) is 10.6. The lowest BCUT2D eigenvalue weighted by Gasteiger charge is -2.42. The molecule has 2 amide bonds. The minimum atomic E-state index is -1.39. The van der Waals surface area contributed by atoms with Crippen LogP contribution in [0.3, 0.4) is 0 Å². The molecule has 0 radical (unpaired) electrons. The number of rotatable bonds is 6. The quantitative estimate of drug-likeness (QED) is 0.410. The molecule has 2 fully saturated rings. The van der Waals surface area contributed by atoms with Gasteiger partial charge in [-0.15, -0.1) is 0 Å². The third-order valence-corrected chi connectivity index (χ3v) is 9.82. The first-order chi connectivity index (χ1) is 19.7. The van der Waals surface area contributed by atoms with Crippen LogP contribution in [-0.4, -0.2) is 70.8 Å². The molecule has 0 aliphatic carbocycles. The number of aryl methyl sites for hydroxylation is 2. The number of carbonyl (C=O) groups excluding carboxylic acids is 3. The number of amides is 2. The van der Waals surface area contributed by atoms with E-state index in [2.05, 4.69) is 0 Å². The highest BCUT2D eigenvalue weighted by Gasteiger charge is 2.76. The highest BCUT2D eigenvalue weighted by atomic mass is 16.6. The number of aliphatic hydroxyl groups excluding tert-OH is 1. The van der Waals surface area contributed by atoms with Gasteiger partial charge in [-0.05, 0) is 62.6 Å². The molecule has 222 valence electrons. The number of anilines is 1. The Morgan fingerprint density at radius 2 is 1.83 bits per heavy atom. The first kappa shape index (κ1) is 29.5. The second-order valence-corrected chi connectivity index (χ2v) is 12.2. The van der Waals surface area contributed by atoms with E-state index in [0.29, 0.717) is 19.4 Å². The molecule has 5 rings (SSSR count). The number of hydrogen-bond acceptors (Lipinski definition) is 6. The Morgan fingerprint density at radius 1 is 1.05 bits per heavy atom. The topological polar surface area (TPSA) is 96.4 Å². The highest BCUT2D eigenvalue weighted by molar-refractivity contribution is 6.06. The van der Waals surface area contributed by atoms with E-state index in [1.165, 1.54) is 0 Å². The molecule has 1 aromatic rings. The average Bonchev–Trinajstić information content (AvgIpc) is 3.32. The van der Waals surface area contributed by atoms with E-state index < -0.39 is 41.1 Å². The molecule has 1 N–H and O–H groups in total. The fourth-order valence-corrected chi connectivity index (χ4v) is 7.38. The minimum Gasteiger partial charge on any atom is -0.465 e. The van der Waals surface area contributed by atoms with E-state index in [9.17, 15) is 19.5 Å². The molecule has 1 spiro atoms.